The largest absolute Gasteiger partial charge is 0.368 e. The van der Waals surface area contributed by atoms with Crippen LogP contribution >= 0.6 is 0 Å². The van der Waals surface area contributed by atoms with Crippen molar-refractivity contribution in [3.8, 4) is 6.07 Å². The number of carbonyl (C=O) groups excluding carboxylic acids is 1. The van der Waals surface area contributed by atoms with Crippen LogP contribution in [0.4, 0.5) is 5.69 Å². The van der Waals surface area contributed by atoms with E-state index in [1.165, 1.54) is 0 Å². The van der Waals surface area contributed by atoms with Gasteiger partial charge >= 0.3 is 0 Å². The van der Waals surface area contributed by atoms with Gasteiger partial charge in [-0.15, -0.1) is 0 Å². The Hall–Kier alpha value is -2.72. The second-order valence-corrected chi connectivity index (χ2v) is 6.50. The first-order chi connectivity index (χ1) is 12.5. The van der Waals surface area contributed by atoms with Gasteiger partial charge in [-0.25, -0.2) is 0 Å². The quantitative estimate of drug-likeness (QED) is 0.764. The number of piperazine rings is 1. The number of ketones is 1. The number of nitrogens with zero attached hydrogens (tertiary/aromatic N) is 5. The van der Waals surface area contributed by atoms with E-state index in [0.29, 0.717) is 17.0 Å². The van der Waals surface area contributed by atoms with Crippen LogP contribution in [0.15, 0.2) is 22.7 Å². The van der Waals surface area contributed by atoms with Crippen molar-refractivity contribution in [1.29, 1.82) is 5.26 Å². The van der Waals surface area contributed by atoms with Crippen LogP contribution in [0.1, 0.15) is 54.4 Å². The first-order valence-corrected chi connectivity index (χ1v) is 8.90. The van der Waals surface area contributed by atoms with Crippen molar-refractivity contribution in [2.24, 2.45) is 0 Å². The maximum atomic E-state index is 11.9. The van der Waals surface area contributed by atoms with Gasteiger partial charge in [0.1, 0.15) is 0 Å². The molecule has 1 aliphatic rings. The zero-order valence-electron chi connectivity index (χ0n) is 15.4. The van der Waals surface area contributed by atoms with E-state index in [2.05, 4.69) is 32.9 Å². The Labute approximate surface area is 153 Å². The fraction of sp³-hybridized carbons (Fsp3) is 0.474. The molecule has 1 fully saturated rings. The third-order valence-corrected chi connectivity index (χ3v) is 4.87. The minimum atomic E-state index is 0.0123. The third-order valence-electron chi connectivity index (χ3n) is 4.87. The zero-order valence-corrected chi connectivity index (χ0v) is 15.4. The zero-order chi connectivity index (χ0) is 18.7. The average Bonchev–Trinajstić information content (AvgIpc) is 3.16. The first kappa shape index (κ1) is 18.1. The summed E-state index contributed by atoms with van der Waals surface area (Å²) in [5.74, 6) is 1.38. The van der Waals surface area contributed by atoms with Gasteiger partial charge in [0, 0.05) is 43.9 Å². The number of aromatic nitrogens is 2. The predicted octanol–water partition coefficient (Wildman–Crippen LogP) is 2.59. The Balaban J connectivity index is 1.72. The molecule has 26 heavy (non-hydrogen) atoms. The van der Waals surface area contributed by atoms with E-state index in [-0.39, 0.29) is 11.8 Å². The maximum Gasteiger partial charge on any atom is 0.243 e. The molecule has 1 aromatic heterocycles. The fourth-order valence-electron chi connectivity index (χ4n) is 3.25. The van der Waals surface area contributed by atoms with Gasteiger partial charge in [0.15, 0.2) is 11.6 Å². The van der Waals surface area contributed by atoms with Crippen molar-refractivity contribution < 1.29 is 9.32 Å². The number of nitriles is 1. The maximum absolute atomic E-state index is 11.9. The number of rotatable bonds is 5. The summed E-state index contributed by atoms with van der Waals surface area (Å²) in [5, 5.41) is 13.1. The lowest BCUT2D eigenvalue weighted by Crippen LogP contribution is -2.47. The Morgan fingerprint density at radius 2 is 2.08 bits per heavy atom. The molecular weight excluding hydrogens is 330 g/mol. The van der Waals surface area contributed by atoms with Gasteiger partial charge in [0.05, 0.1) is 17.7 Å². The summed E-state index contributed by atoms with van der Waals surface area (Å²) in [7, 11) is 0. The van der Waals surface area contributed by atoms with Gasteiger partial charge in [-0.2, -0.15) is 10.2 Å². The van der Waals surface area contributed by atoms with E-state index in [0.717, 1.165) is 44.1 Å². The van der Waals surface area contributed by atoms with Crippen LogP contribution < -0.4 is 4.90 Å². The van der Waals surface area contributed by atoms with Gasteiger partial charge in [-0.1, -0.05) is 12.1 Å². The highest BCUT2D eigenvalue weighted by Gasteiger charge is 2.27. The molecule has 1 aromatic carbocycles. The lowest BCUT2D eigenvalue weighted by molar-refractivity contribution is 0.101. The molecule has 1 unspecified atom stereocenters. The number of Topliss-reactive ketones (excluding diaryl/α,β-unsaturated/α-hetero) is 1. The number of carbonyl (C=O) groups is 1. The SMILES string of the molecule is CCc1noc(C(C)N2CCN(c3cc(C#N)ccc3C(C)=O)CC2)n1. The molecule has 2 heterocycles. The van der Waals surface area contributed by atoms with Gasteiger partial charge in [0.2, 0.25) is 5.89 Å². The number of hydrogen-bond acceptors (Lipinski definition) is 7. The van der Waals surface area contributed by atoms with Crippen LogP contribution in [-0.2, 0) is 6.42 Å². The van der Waals surface area contributed by atoms with Gasteiger partial charge in [-0.3, -0.25) is 9.69 Å². The molecule has 0 saturated carbocycles. The monoisotopic (exact) mass is 353 g/mol. The Morgan fingerprint density at radius 3 is 2.65 bits per heavy atom. The van der Waals surface area contributed by atoms with E-state index in [9.17, 15) is 4.79 Å². The van der Waals surface area contributed by atoms with Crippen molar-refractivity contribution in [3.63, 3.8) is 0 Å². The van der Waals surface area contributed by atoms with E-state index in [1.54, 1.807) is 25.1 Å². The van der Waals surface area contributed by atoms with E-state index in [1.807, 2.05) is 6.92 Å². The van der Waals surface area contributed by atoms with E-state index in [4.69, 9.17) is 9.78 Å². The average molecular weight is 353 g/mol. The fourth-order valence-corrected chi connectivity index (χ4v) is 3.25. The number of anilines is 1. The highest BCUT2D eigenvalue weighted by atomic mass is 16.5. The molecule has 0 radical (unpaired) electrons. The molecule has 7 nitrogen and oxygen atoms in total. The van der Waals surface area contributed by atoms with Crippen LogP contribution in [-0.4, -0.2) is 47.0 Å². The lowest BCUT2D eigenvalue weighted by Gasteiger charge is -2.38. The molecule has 0 bridgehead atoms. The summed E-state index contributed by atoms with van der Waals surface area (Å²) >= 11 is 0. The number of hydrogen-bond donors (Lipinski definition) is 0. The molecule has 2 aromatic rings. The first-order valence-electron chi connectivity index (χ1n) is 8.90. The van der Waals surface area contributed by atoms with E-state index >= 15 is 0 Å². The van der Waals surface area contributed by atoms with Gasteiger partial charge < -0.3 is 9.42 Å². The summed E-state index contributed by atoms with van der Waals surface area (Å²) in [5.41, 5.74) is 2.07. The lowest BCUT2D eigenvalue weighted by atomic mass is 10.0. The Morgan fingerprint density at radius 1 is 1.35 bits per heavy atom. The minimum Gasteiger partial charge on any atom is -0.368 e. The molecular formula is C19H23N5O2. The normalized spacial score (nSPS) is 16.3. The molecule has 1 saturated heterocycles. The smallest absolute Gasteiger partial charge is 0.243 e. The summed E-state index contributed by atoms with van der Waals surface area (Å²) in [6, 6.07) is 7.46. The summed E-state index contributed by atoms with van der Waals surface area (Å²) in [4.78, 5) is 20.8. The molecule has 0 aliphatic carbocycles. The topological polar surface area (TPSA) is 86.3 Å². The van der Waals surface area contributed by atoms with Crippen molar-refractivity contribution in [2.75, 3.05) is 31.1 Å². The summed E-state index contributed by atoms with van der Waals surface area (Å²) in [6.07, 6.45) is 0.757. The predicted molar refractivity (Wildman–Crippen MR) is 97.0 cm³/mol. The van der Waals surface area contributed by atoms with Crippen LogP contribution in [0.3, 0.4) is 0 Å². The van der Waals surface area contributed by atoms with Crippen molar-refractivity contribution >= 4 is 11.5 Å². The molecule has 7 heteroatoms. The van der Waals surface area contributed by atoms with Gasteiger partial charge in [-0.05, 0) is 32.0 Å². The summed E-state index contributed by atoms with van der Waals surface area (Å²) < 4.78 is 5.37. The molecule has 0 N–H and O–H groups in total. The Bertz CT molecular complexity index is 831. The summed E-state index contributed by atoms with van der Waals surface area (Å²) in [6.45, 7) is 8.81. The molecule has 0 spiro atoms. The number of aryl methyl sites for hydroxylation is 1. The third kappa shape index (κ3) is 3.60. The number of benzene rings is 1. The Kier molecular flexibility index (Phi) is 5.33. The highest BCUT2D eigenvalue weighted by Crippen LogP contribution is 2.26. The second-order valence-electron chi connectivity index (χ2n) is 6.50. The van der Waals surface area contributed by atoms with Gasteiger partial charge in [0.25, 0.3) is 0 Å². The van der Waals surface area contributed by atoms with Crippen LogP contribution in [0, 0.1) is 11.3 Å². The van der Waals surface area contributed by atoms with Crippen LogP contribution in [0.5, 0.6) is 0 Å². The molecule has 3 rings (SSSR count). The van der Waals surface area contributed by atoms with Crippen molar-refractivity contribution in [2.45, 2.75) is 33.2 Å². The highest BCUT2D eigenvalue weighted by molar-refractivity contribution is 6.00. The second kappa shape index (κ2) is 7.67. The van der Waals surface area contributed by atoms with Crippen LogP contribution in [0.25, 0.3) is 0 Å². The van der Waals surface area contributed by atoms with E-state index < -0.39 is 0 Å². The molecule has 136 valence electrons. The molecule has 1 atom stereocenters. The standard InChI is InChI=1S/C19H23N5O2/c1-4-18-21-19(26-22-18)13(2)23-7-9-24(10-8-23)17-11-15(12-20)5-6-16(17)14(3)25/h5-6,11,13H,4,7-10H2,1-3H3. The van der Waals surface area contributed by atoms with Crippen LogP contribution in [0.2, 0.25) is 0 Å². The molecule has 0 amide bonds. The molecule has 1 aliphatic heterocycles. The van der Waals surface area contributed by atoms with Crippen molar-refractivity contribution in [3.05, 3.63) is 41.0 Å². The minimum absolute atomic E-state index is 0.0123. The van der Waals surface area contributed by atoms with Crippen molar-refractivity contribution in [1.82, 2.24) is 15.0 Å².